The number of carbonyl (C=O) groups excluding carboxylic acids is 1. The molecule has 1 atom stereocenters. The molecule has 1 rings (SSSR count). The quantitative estimate of drug-likeness (QED) is 0.694. The van der Waals surface area contributed by atoms with Gasteiger partial charge in [0.1, 0.15) is 0 Å². The number of amides is 1. The normalized spacial score (nSPS) is 23.1. The molecule has 1 fully saturated rings. The molecular formula is C12H24N2O. The largest absolute Gasteiger partial charge is 0.344 e. The minimum absolute atomic E-state index is 0.239. The summed E-state index contributed by atoms with van der Waals surface area (Å²) >= 11 is 0. The van der Waals surface area contributed by atoms with Gasteiger partial charge in [-0.15, -0.1) is 0 Å². The van der Waals surface area contributed by atoms with Crippen molar-refractivity contribution in [2.45, 2.75) is 39.7 Å². The number of rotatable bonds is 2. The molecule has 88 valence electrons. The number of likely N-dealkylation sites (tertiary alicyclic amines) is 1. The molecule has 0 spiro atoms. The van der Waals surface area contributed by atoms with Gasteiger partial charge in [0.25, 0.3) is 0 Å². The molecule has 15 heavy (non-hydrogen) atoms. The van der Waals surface area contributed by atoms with Crippen molar-refractivity contribution in [2.75, 3.05) is 27.2 Å². The summed E-state index contributed by atoms with van der Waals surface area (Å²) < 4.78 is 0. The fourth-order valence-electron chi connectivity index (χ4n) is 2.18. The molecule has 0 aromatic carbocycles. The molecule has 0 bridgehead atoms. The second-order valence-corrected chi connectivity index (χ2v) is 5.71. The highest BCUT2D eigenvalue weighted by Gasteiger charge is 2.29. The second-order valence-electron chi connectivity index (χ2n) is 5.71. The second kappa shape index (κ2) is 4.52. The van der Waals surface area contributed by atoms with Crippen LogP contribution >= 0.6 is 0 Å². The first kappa shape index (κ1) is 12.5. The Morgan fingerprint density at radius 1 is 1.47 bits per heavy atom. The number of nitrogens with zero attached hydrogens (tertiary/aromatic N) is 2. The molecule has 3 nitrogen and oxygen atoms in total. The fourth-order valence-corrected chi connectivity index (χ4v) is 2.18. The summed E-state index contributed by atoms with van der Waals surface area (Å²) in [5.74, 6) is 0.239. The summed E-state index contributed by atoms with van der Waals surface area (Å²) in [6, 6.07) is 0.557. The van der Waals surface area contributed by atoms with Gasteiger partial charge >= 0.3 is 0 Å². The molecule has 1 heterocycles. The van der Waals surface area contributed by atoms with Crippen LogP contribution in [-0.4, -0.2) is 48.9 Å². The Morgan fingerprint density at radius 2 is 2.07 bits per heavy atom. The molecule has 0 radical (unpaired) electrons. The number of likely N-dealkylation sites (N-methyl/N-ethyl adjacent to an activating group) is 2. The number of hydrogen-bond donors (Lipinski definition) is 0. The maximum absolute atomic E-state index is 12.0. The Morgan fingerprint density at radius 3 is 2.47 bits per heavy atom. The van der Waals surface area contributed by atoms with Crippen LogP contribution in [0.3, 0.4) is 0 Å². The minimum Gasteiger partial charge on any atom is -0.344 e. The van der Waals surface area contributed by atoms with Gasteiger partial charge in [0.2, 0.25) is 5.91 Å². The minimum atomic E-state index is -0.258. The summed E-state index contributed by atoms with van der Waals surface area (Å²) in [5.41, 5.74) is -0.258. The van der Waals surface area contributed by atoms with Crippen LogP contribution in [0.2, 0.25) is 0 Å². The van der Waals surface area contributed by atoms with Crippen LogP contribution in [0.1, 0.15) is 33.6 Å². The van der Waals surface area contributed by atoms with Crippen molar-refractivity contribution < 1.29 is 4.79 Å². The molecule has 1 unspecified atom stereocenters. The van der Waals surface area contributed by atoms with Crippen molar-refractivity contribution in [1.82, 2.24) is 9.80 Å². The van der Waals surface area contributed by atoms with E-state index in [2.05, 4.69) is 11.9 Å². The Balaban J connectivity index is 2.48. The monoisotopic (exact) mass is 212 g/mol. The van der Waals surface area contributed by atoms with E-state index in [-0.39, 0.29) is 11.3 Å². The molecule has 3 heteroatoms. The molecule has 0 aliphatic carbocycles. The zero-order valence-corrected chi connectivity index (χ0v) is 10.7. The molecule has 1 amide bonds. The predicted molar refractivity (Wildman–Crippen MR) is 62.7 cm³/mol. The summed E-state index contributed by atoms with van der Waals surface area (Å²) in [4.78, 5) is 16.2. The van der Waals surface area contributed by atoms with Crippen molar-refractivity contribution >= 4 is 5.91 Å². The third kappa shape index (κ3) is 3.20. The summed E-state index contributed by atoms with van der Waals surface area (Å²) in [5, 5.41) is 0. The molecule has 0 aromatic rings. The van der Waals surface area contributed by atoms with Gasteiger partial charge in [-0.05, 0) is 26.4 Å². The smallest absolute Gasteiger partial charge is 0.227 e. The van der Waals surface area contributed by atoms with Crippen LogP contribution in [0.4, 0.5) is 0 Å². The van der Waals surface area contributed by atoms with Crippen LogP contribution in [0.15, 0.2) is 0 Å². The van der Waals surface area contributed by atoms with E-state index < -0.39 is 0 Å². The topological polar surface area (TPSA) is 23.6 Å². The Hall–Kier alpha value is -0.570. The highest BCUT2D eigenvalue weighted by Crippen LogP contribution is 2.20. The average molecular weight is 212 g/mol. The van der Waals surface area contributed by atoms with E-state index in [0.717, 1.165) is 6.54 Å². The molecule has 1 aliphatic rings. The lowest BCUT2D eigenvalue weighted by Crippen LogP contribution is -2.43. The average Bonchev–Trinajstić information content (AvgIpc) is 2.49. The van der Waals surface area contributed by atoms with E-state index >= 15 is 0 Å². The van der Waals surface area contributed by atoms with Gasteiger partial charge in [0.05, 0.1) is 0 Å². The molecule has 0 N–H and O–H groups in total. The maximum Gasteiger partial charge on any atom is 0.227 e. The first-order chi connectivity index (χ1) is 6.82. The summed E-state index contributed by atoms with van der Waals surface area (Å²) in [6.07, 6.45) is 2.48. The molecule has 1 saturated heterocycles. The SMILES string of the molecule is CN(CC1CCCN1C)C(=O)C(C)(C)C. The van der Waals surface area contributed by atoms with Crippen molar-refractivity contribution in [3.8, 4) is 0 Å². The highest BCUT2D eigenvalue weighted by atomic mass is 16.2. The van der Waals surface area contributed by atoms with E-state index in [1.807, 2.05) is 32.7 Å². The third-order valence-electron chi connectivity index (χ3n) is 3.14. The van der Waals surface area contributed by atoms with Gasteiger partial charge in [-0.1, -0.05) is 20.8 Å². The van der Waals surface area contributed by atoms with Crippen molar-refractivity contribution in [3.63, 3.8) is 0 Å². The van der Waals surface area contributed by atoms with E-state index in [1.54, 1.807) is 0 Å². The standard InChI is InChI=1S/C12H24N2O/c1-12(2,3)11(15)14(5)9-10-7-6-8-13(10)4/h10H,6-9H2,1-5H3. The lowest BCUT2D eigenvalue weighted by atomic mass is 9.94. The van der Waals surface area contributed by atoms with Crippen LogP contribution in [0, 0.1) is 5.41 Å². The van der Waals surface area contributed by atoms with Crippen LogP contribution in [0.5, 0.6) is 0 Å². The highest BCUT2D eigenvalue weighted by molar-refractivity contribution is 5.81. The van der Waals surface area contributed by atoms with Gasteiger partial charge in [0.15, 0.2) is 0 Å². The summed E-state index contributed by atoms with van der Waals surface area (Å²) in [6.45, 7) is 7.97. The molecule has 1 aliphatic heterocycles. The van der Waals surface area contributed by atoms with Crippen LogP contribution < -0.4 is 0 Å². The fraction of sp³-hybridized carbons (Fsp3) is 0.917. The predicted octanol–water partition coefficient (Wildman–Crippen LogP) is 1.59. The van der Waals surface area contributed by atoms with Gasteiger partial charge in [0, 0.05) is 25.0 Å². The van der Waals surface area contributed by atoms with E-state index in [9.17, 15) is 4.79 Å². The van der Waals surface area contributed by atoms with Crippen molar-refractivity contribution in [1.29, 1.82) is 0 Å². The maximum atomic E-state index is 12.0. The zero-order valence-electron chi connectivity index (χ0n) is 10.7. The van der Waals surface area contributed by atoms with Gasteiger partial charge in [-0.2, -0.15) is 0 Å². The lowest BCUT2D eigenvalue weighted by molar-refractivity contribution is -0.138. The zero-order chi connectivity index (χ0) is 11.6. The Bertz CT molecular complexity index is 232. The number of carbonyl (C=O) groups is 1. The van der Waals surface area contributed by atoms with Crippen LogP contribution in [-0.2, 0) is 4.79 Å². The molecular weight excluding hydrogens is 188 g/mol. The Labute approximate surface area is 93.4 Å². The first-order valence-electron chi connectivity index (χ1n) is 5.78. The molecule has 0 aromatic heterocycles. The lowest BCUT2D eigenvalue weighted by Gasteiger charge is -2.30. The van der Waals surface area contributed by atoms with Crippen LogP contribution in [0.25, 0.3) is 0 Å². The third-order valence-corrected chi connectivity index (χ3v) is 3.14. The number of hydrogen-bond acceptors (Lipinski definition) is 2. The molecule has 0 saturated carbocycles. The Kier molecular flexibility index (Phi) is 3.77. The van der Waals surface area contributed by atoms with Gasteiger partial charge in [-0.3, -0.25) is 4.79 Å². The van der Waals surface area contributed by atoms with Gasteiger partial charge in [-0.25, -0.2) is 0 Å². The summed E-state index contributed by atoms with van der Waals surface area (Å²) in [7, 11) is 4.06. The van der Waals surface area contributed by atoms with E-state index in [0.29, 0.717) is 6.04 Å². The van der Waals surface area contributed by atoms with Gasteiger partial charge < -0.3 is 9.80 Å². The van der Waals surface area contributed by atoms with Crippen molar-refractivity contribution in [3.05, 3.63) is 0 Å². The van der Waals surface area contributed by atoms with E-state index in [4.69, 9.17) is 0 Å². The van der Waals surface area contributed by atoms with E-state index in [1.165, 1.54) is 19.4 Å². The van der Waals surface area contributed by atoms with Crippen molar-refractivity contribution in [2.24, 2.45) is 5.41 Å². The first-order valence-corrected chi connectivity index (χ1v) is 5.78.